The molecule has 0 amide bonds. The van der Waals surface area contributed by atoms with Gasteiger partial charge in [-0.3, -0.25) is 4.57 Å². The molecule has 0 N–H and O–H groups in total. The normalized spacial score (nSPS) is 16.4. The number of hydrogen-bond acceptors (Lipinski definition) is 3. The number of para-hydroxylation sites is 5. The highest BCUT2D eigenvalue weighted by atomic mass is 28.3. The molecular formula is C69H46N6Si. The van der Waals surface area contributed by atoms with Gasteiger partial charge in [0.15, 0.2) is 19.7 Å². The average Bonchev–Trinajstić information content (AvgIpc) is 1.07. The summed E-state index contributed by atoms with van der Waals surface area (Å²) in [4.78, 5) is 14.7. The summed E-state index contributed by atoms with van der Waals surface area (Å²) in [5.41, 5.74) is 4.05. The zero-order valence-corrected chi connectivity index (χ0v) is 40.4. The van der Waals surface area contributed by atoms with E-state index in [4.69, 9.17) is 31.4 Å². The summed E-state index contributed by atoms with van der Waals surface area (Å²) in [6, 6.07) is 16.6. The third kappa shape index (κ3) is 6.69. The van der Waals surface area contributed by atoms with Crippen molar-refractivity contribution in [2.75, 3.05) is 0 Å². The van der Waals surface area contributed by atoms with Crippen LogP contribution in [0.1, 0.15) is 32.9 Å². The second kappa shape index (κ2) is 17.6. The first-order valence-corrected chi connectivity index (χ1v) is 25.9. The van der Waals surface area contributed by atoms with Crippen molar-refractivity contribution in [3.05, 3.63) is 278 Å². The second-order valence-electron chi connectivity index (χ2n) is 17.7. The van der Waals surface area contributed by atoms with E-state index in [-0.39, 0.29) is 0 Å². The van der Waals surface area contributed by atoms with Crippen LogP contribution in [0.5, 0.6) is 0 Å². The minimum Gasteiger partial charge on any atom is -0.309 e. The Morgan fingerprint density at radius 3 is 1.34 bits per heavy atom. The molecule has 4 aromatic heterocycles. The highest BCUT2D eigenvalue weighted by molar-refractivity contribution is 7.19. The molecule has 11 aromatic carbocycles. The van der Waals surface area contributed by atoms with Crippen LogP contribution in [-0.4, -0.2) is 36.7 Å². The van der Waals surface area contributed by atoms with E-state index in [1.165, 1.54) is 0 Å². The van der Waals surface area contributed by atoms with Crippen LogP contribution in [0.3, 0.4) is 0 Å². The molecule has 0 fully saturated rings. The fourth-order valence-electron chi connectivity index (χ4n) is 10.7. The number of nitrogens with zero attached hydrogens (tertiary/aromatic N) is 6. The van der Waals surface area contributed by atoms with Gasteiger partial charge in [0.2, 0.25) is 5.95 Å². The van der Waals surface area contributed by atoms with E-state index in [2.05, 4.69) is 34.9 Å². The van der Waals surface area contributed by atoms with Crippen LogP contribution in [0, 0.1) is 0 Å². The summed E-state index contributed by atoms with van der Waals surface area (Å²) in [6.07, 6.45) is 0. The molecule has 0 saturated carbocycles. The molecule has 0 saturated heterocycles. The third-order valence-corrected chi connectivity index (χ3v) is 17.8. The Morgan fingerprint density at radius 2 is 0.763 bits per heavy atom. The van der Waals surface area contributed by atoms with Gasteiger partial charge in [0.1, 0.15) is 0 Å². The van der Waals surface area contributed by atoms with Crippen LogP contribution >= 0.6 is 0 Å². The molecule has 6 nitrogen and oxygen atoms in total. The van der Waals surface area contributed by atoms with Gasteiger partial charge in [-0.25, -0.2) is 4.98 Å². The highest BCUT2D eigenvalue weighted by Gasteiger charge is 2.41. The van der Waals surface area contributed by atoms with Crippen LogP contribution in [-0.2, 0) is 0 Å². The van der Waals surface area contributed by atoms with Gasteiger partial charge in [0.05, 0.1) is 71.7 Å². The topological polar surface area (TPSA) is 53.5 Å². The quantitative estimate of drug-likeness (QED) is 0.107. The molecule has 0 aliphatic carbocycles. The summed E-state index contributed by atoms with van der Waals surface area (Å²) >= 11 is 0. The van der Waals surface area contributed by atoms with Gasteiger partial charge < -0.3 is 9.13 Å². The van der Waals surface area contributed by atoms with E-state index in [0.717, 1.165) is 49.3 Å². The lowest BCUT2D eigenvalue weighted by Gasteiger charge is -2.34. The molecule has 4 heterocycles. The van der Waals surface area contributed by atoms with E-state index in [0.29, 0.717) is 27.5 Å². The minimum absolute atomic E-state index is 0.387. The summed E-state index contributed by atoms with van der Waals surface area (Å²) in [7, 11) is -6.40. The van der Waals surface area contributed by atoms with Crippen molar-refractivity contribution in [3.63, 3.8) is 0 Å². The molecule has 0 bridgehead atoms. The van der Waals surface area contributed by atoms with Crippen molar-refractivity contribution in [2.24, 2.45) is 0 Å². The lowest BCUT2D eigenvalue weighted by atomic mass is 10.1. The van der Waals surface area contributed by atoms with Crippen molar-refractivity contribution >= 4 is 94.2 Å². The number of benzene rings is 11. The zero-order valence-electron chi connectivity index (χ0n) is 63.4. The van der Waals surface area contributed by atoms with Crippen LogP contribution in [0.2, 0.25) is 0 Å². The fraction of sp³-hybridized carbons (Fsp3) is 0. The Labute approximate surface area is 473 Å². The van der Waals surface area contributed by atoms with E-state index in [9.17, 15) is 16.4 Å². The van der Waals surface area contributed by atoms with Crippen molar-refractivity contribution in [3.8, 4) is 40.1 Å². The maximum atomic E-state index is 10.7. The van der Waals surface area contributed by atoms with Gasteiger partial charge in [-0.15, -0.1) is 0 Å². The molecule has 15 rings (SSSR count). The predicted octanol–water partition coefficient (Wildman–Crippen LogP) is 13.9. The summed E-state index contributed by atoms with van der Waals surface area (Å²) in [5, 5.41) is 0.680. The monoisotopic (exact) mass is 1010 g/mol. The highest BCUT2D eigenvalue weighted by Crippen LogP contribution is 2.41. The van der Waals surface area contributed by atoms with Crippen molar-refractivity contribution in [1.82, 2.24) is 28.7 Å². The standard InChI is InChI=1S/C69H46N6Si/c1-5-23-47(24-6-1)67-70-68(48-25-21-32-53(45-48)76(50-26-7-2-8-27-50,51-28-9-3-10-29-51)52-30-11-4-12-31-52)72-69(71-67)75-63-41-20-15-35-56(63)58-37-22-42-65(66(58)75)74-62-40-19-16-36-57(62)59-46-49(43-44-64(59)74)73-60-38-17-13-33-54(60)55-34-14-18-39-61(55)73/h1-46H/i1D,2D,3D,4D,5D,6D,7D,8D,9D,10D,11D,12D,21D,23D,24D,25D,26D,27D,28D,29D,30D,31D,32D,45D. The molecule has 0 radical (unpaired) electrons. The Balaban J connectivity index is 1.10. The Kier molecular flexibility index (Phi) is 5.99. The molecule has 0 aliphatic heterocycles. The van der Waals surface area contributed by atoms with Gasteiger partial charge in [0.25, 0.3) is 0 Å². The molecule has 0 atom stereocenters. The van der Waals surface area contributed by atoms with Crippen molar-refractivity contribution in [2.45, 2.75) is 0 Å². The van der Waals surface area contributed by atoms with Crippen molar-refractivity contribution in [1.29, 1.82) is 0 Å². The smallest absolute Gasteiger partial charge is 0.238 e. The van der Waals surface area contributed by atoms with E-state index in [1.54, 1.807) is 22.8 Å². The fourth-order valence-corrected chi connectivity index (χ4v) is 14.3. The summed E-state index contributed by atoms with van der Waals surface area (Å²) in [6.45, 7) is 0. The zero-order chi connectivity index (χ0) is 71.0. The van der Waals surface area contributed by atoms with Gasteiger partial charge in [-0.2, -0.15) is 9.97 Å². The maximum Gasteiger partial charge on any atom is 0.238 e. The van der Waals surface area contributed by atoms with Crippen molar-refractivity contribution < 1.29 is 32.9 Å². The maximum absolute atomic E-state index is 10.7. The molecule has 0 spiro atoms. The summed E-state index contributed by atoms with van der Waals surface area (Å²) < 4.78 is 230. The Hall–Kier alpha value is -9.95. The van der Waals surface area contributed by atoms with E-state index >= 15 is 0 Å². The van der Waals surface area contributed by atoms with E-state index in [1.807, 2.05) is 89.5 Å². The molecular weight excluding hydrogens is 941 g/mol. The van der Waals surface area contributed by atoms with Crippen LogP contribution < -0.4 is 20.7 Å². The van der Waals surface area contributed by atoms with Gasteiger partial charge in [0, 0.05) is 49.1 Å². The second-order valence-corrected chi connectivity index (χ2v) is 21.2. The lowest BCUT2D eigenvalue weighted by Crippen LogP contribution is -2.74. The first kappa shape index (κ1) is 25.8. The SMILES string of the molecule is [2H]c1c([2H])c([2H])c(-c2nc(-c3c([2H])c([2H])c([2H])c([Si](c4c([2H])c([2H])c([2H])c([2H])c4[2H])(c4c([2H])c([2H])c([2H])c([2H])c4[2H])c4c([2H])c([2H])c([2H])c([2H])c4[2H])c3[2H])nc(-n3c4ccccc4c4cccc(-n5c6ccccc6c6cc(-n7c8ccccc8c8ccccc87)ccc65)c43)n2)c([2H])c1[2H]. The molecule has 356 valence electrons. The minimum atomic E-state index is -6.40. The van der Waals surface area contributed by atoms with Gasteiger partial charge >= 0.3 is 0 Å². The molecule has 7 heteroatoms. The predicted molar refractivity (Wildman–Crippen MR) is 317 cm³/mol. The molecule has 0 aliphatic rings. The van der Waals surface area contributed by atoms with Crippen LogP contribution in [0.25, 0.3) is 106 Å². The lowest BCUT2D eigenvalue weighted by molar-refractivity contribution is 0.950. The Morgan fingerprint density at radius 1 is 0.329 bits per heavy atom. The number of rotatable bonds is 9. The number of fused-ring (bicyclic) bond motifs is 9. The van der Waals surface area contributed by atoms with Crippen LogP contribution in [0.15, 0.2) is 278 Å². The molecule has 15 aromatic rings. The molecule has 76 heavy (non-hydrogen) atoms. The van der Waals surface area contributed by atoms with Gasteiger partial charge in [-0.1, -0.05) is 230 Å². The third-order valence-electron chi connectivity index (χ3n) is 13.8. The van der Waals surface area contributed by atoms with E-state index < -0.39 is 203 Å². The first-order chi connectivity index (χ1) is 47.7. The Bertz CT molecular complexity index is 5870. The van der Waals surface area contributed by atoms with Crippen LogP contribution in [0.4, 0.5) is 0 Å². The average molecular weight is 1010 g/mol. The molecule has 0 unspecified atom stereocenters. The number of aromatic nitrogens is 6. The first-order valence-electron chi connectivity index (χ1n) is 35.9. The number of hydrogen-bond donors (Lipinski definition) is 0. The summed E-state index contributed by atoms with van der Waals surface area (Å²) in [5.74, 6) is -1.95. The van der Waals surface area contributed by atoms with Gasteiger partial charge in [-0.05, 0) is 69.3 Å². The largest absolute Gasteiger partial charge is 0.309 e.